The average Bonchev–Trinajstić information content (AvgIpc) is 2.85. The number of carbonyl (C=O) groups excluding carboxylic acids is 1. The van der Waals surface area contributed by atoms with Gasteiger partial charge in [0.1, 0.15) is 5.75 Å². The first kappa shape index (κ1) is 24.2. The molecular weight excluding hydrogens is 442 g/mol. The molecule has 4 rings (SSSR count). The van der Waals surface area contributed by atoms with E-state index >= 15 is 0 Å². The lowest BCUT2D eigenvalue weighted by molar-refractivity contribution is -0.121. The highest BCUT2D eigenvalue weighted by Crippen LogP contribution is 2.23. The van der Waals surface area contributed by atoms with Crippen molar-refractivity contribution in [3.8, 4) is 5.75 Å². The van der Waals surface area contributed by atoms with E-state index in [1.54, 1.807) is 31.4 Å². The summed E-state index contributed by atoms with van der Waals surface area (Å²) in [5.41, 5.74) is 5.96. The van der Waals surface area contributed by atoms with Crippen LogP contribution in [0.4, 0.5) is 5.69 Å². The topological polar surface area (TPSA) is 97.0 Å². The van der Waals surface area contributed by atoms with Crippen LogP contribution in [-0.2, 0) is 39.4 Å². The van der Waals surface area contributed by atoms with Crippen LogP contribution in [0.25, 0.3) is 0 Å². The molecule has 1 aliphatic rings. The van der Waals surface area contributed by atoms with Crippen molar-refractivity contribution in [1.82, 2.24) is 9.79 Å². The smallest absolute Gasteiger partial charge is 0.301 e. The van der Waals surface area contributed by atoms with E-state index in [0.717, 1.165) is 17.5 Å². The van der Waals surface area contributed by atoms with Crippen molar-refractivity contribution in [2.24, 2.45) is 0 Å². The Labute approximate surface area is 194 Å². The third kappa shape index (κ3) is 7.31. The Morgan fingerprint density at radius 2 is 1.61 bits per heavy atom. The quantitative estimate of drug-likeness (QED) is 0.300. The van der Waals surface area contributed by atoms with Gasteiger partial charge in [0.25, 0.3) is 0 Å². The summed E-state index contributed by atoms with van der Waals surface area (Å²) in [6.07, 6.45) is 1.24. The predicted octanol–water partition coefficient (Wildman–Crippen LogP) is 3.27. The number of ether oxygens (including phenoxy) is 1. The second kappa shape index (κ2) is 12.0. The van der Waals surface area contributed by atoms with Gasteiger partial charge in [0, 0.05) is 13.1 Å². The number of fused-ring (bicyclic) bond motifs is 1. The summed E-state index contributed by atoms with van der Waals surface area (Å²) in [6, 6.07) is 24.4. The SMILES string of the molecule is COc1ccc(NS(=O)(=O)N2CCc3ccccc3C2)cc1.O=CNOCc1ccccc1. The third-order valence-electron chi connectivity index (χ3n) is 4.99. The predicted molar refractivity (Wildman–Crippen MR) is 127 cm³/mol. The Kier molecular flexibility index (Phi) is 8.82. The maximum absolute atomic E-state index is 12.5. The van der Waals surface area contributed by atoms with E-state index in [0.29, 0.717) is 37.5 Å². The fraction of sp³-hybridized carbons (Fsp3) is 0.208. The highest BCUT2D eigenvalue weighted by Gasteiger charge is 2.26. The van der Waals surface area contributed by atoms with Gasteiger partial charge in [-0.05, 0) is 47.4 Å². The van der Waals surface area contributed by atoms with E-state index in [-0.39, 0.29) is 0 Å². The molecule has 1 aliphatic heterocycles. The molecule has 0 aliphatic carbocycles. The molecule has 0 atom stereocenters. The summed E-state index contributed by atoms with van der Waals surface area (Å²) in [7, 11) is -1.98. The van der Waals surface area contributed by atoms with Gasteiger partial charge in [0.2, 0.25) is 6.41 Å². The van der Waals surface area contributed by atoms with Crippen LogP contribution in [0, 0.1) is 0 Å². The molecule has 0 unspecified atom stereocenters. The van der Waals surface area contributed by atoms with Crippen LogP contribution in [0.2, 0.25) is 0 Å². The number of nitrogens with zero attached hydrogens (tertiary/aromatic N) is 1. The van der Waals surface area contributed by atoms with Crippen molar-refractivity contribution in [2.75, 3.05) is 18.4 Å². The fourth-order valence-electron chi connectivity index (χ4n) is 3.28. The maximum Gasteiger partial charge on any atom is 0.301 e. The zero-order valence-corrected chi connectivity index (χ0v) is 19.1. The van der Waals surface area contributed by atoms with E-state index in [1.165, 1.54) is 9.87 Å². The molecule has 8 nitrogen and oxygen atoms in total. The summed E-state index contributed by atoms with van der Waals surface area (Å²) in [5.74, 6) is 0.690. The van der Waals surface area contributed by atoms with E-state index in [1.807, 2.05) is 48.5 Å². The number of nitrogens with one attached hydrogen (secondary N) is 2. The van der Waals surface area contributed by atoms with Crippen molar-refractivity contribution in [3.05, 3.63) is 95.6 Å². The number of rotatable bonds is 8. The third-order valence-corrected chi connectivity index (χ3v) is 6.47. The van der Waals surface area contributed by atoms with Crippen LogP contribution in [0.1, 0.15) is 16.7 Å². The minimum Gasteiger partial charge on any atom is -0.497 e. The zero-order chi connectivity index (χ0) is 23.5. The van der Waals surface area contributed by atoms with Gasteiger partial charge >= 0.3 is 10.2 Å². The Balaban J connectivity index is 0.000000235. The molecule has 3 aromatic carbocycles. The average molecular weight is 470 g/mol. The van der Waals surface area contributed by atoms with Crippen molar-refractivity contribution in [3.63, 3.8) is 0 Å². The fourth-order valence-corrected chi connectivity index (χ4v) is 4.48. The molecule has 1 amide bonds. The van der Waals surface area contributed by atoms with Crippen molar-refractivity contribution < 1.29 is 22.8 Å². The molecule has 3 aromatic rings. The van der Waals surface area contributed by atoms with Gasteiger partial charge < -0.3 is 4.74 Å². The molecular formula is C24H27N3O5S. The molecule has 0 spiro atoms. The summed E-state index contributed by atoms with van der Waals surface area (Å²) in [4.78, 5) is 14.5. The van der Waals surface area contributed by atoms with Crippen LogP contribution in [0.15, 0.2) is 78.9 Å². The number of hydroxylamine groups is 1. The first-order chi connectivity index (χ1) is 16.0. The second-order valence-corrected chi connectivity index (χ2v) is 8.87. The van der Waals surface area contributed by atoms with Gasteiger partial charge in [-0.1, -0.05) is 54.6 Å². The lowest BCUT2D eigenvalue weighted by atomic mass is 10.0. The van der Waals surface area contributed by atoms with Crippen molar-refractivity contribution in [1.29, 1.82) is 0 Å². The van der Waals surface area contributed by atoms with E-state index < -0.39 is 10.2 Å². The first-order valence-corrected chi connectivity index (χ1v) is 11.8. The highest BCUT2D eigenvalue weighted by atomic mass is 32.2. The Morgan fingerprint density at radius 3 is 2.27 bits per heavy atom. The molecule has 1 heterocycles. The van der Waals surface area contributed by atoms with E-state index in [9.17, 15) is 13.2 Å². The van der Waals surface area contributed by atoms with Gasteiger partial charge in [-0.25, -0.2) is 5.48 Å². The molecule has 0 saturated carbocycles. The summed E-state index contributed by atoms with van der Waals surface area (Å²) < 4.78 is 34.2. The summed E-state index contributed by atoms with van der Waals surface area (Å²) in [5, 5.41) is 0. The Hall–Kier alpha value is -3.40. The molecule has 33 heavy (non-hydrogen) atoms. The lowest BCUT2D eigenvalue weighted by Gasteiger charge is -2.28. The molecule has 0 fully saturated rings. The highest BCUT2D eigenvalue weighted by molar-refractivity contribution is 7.90. The van der Waals surface area contributed by atoms with E-state index in [4.69, 9.17) is 9.57 Å². The molecule has 0 radical (unpaired) electrons. The number of hydrogen-bond donors (Lipinski definition) is 2. The molecule has 2 N–H and O–H groups in total. The van der Waals surface area contributed by atoms with E-state index in [2.05, 4.69) is 16.3 Å². The molecule has 174 valence electrons. The van der Waals surface area contributed by atoms with Gasteiger partial charge in [-0.2, -0.15) is 12.7 Å². The monoisotopic (exact) mass is 469 g/mol. The molecule has 9 heteroatoms. The number of benzene rings is 3. The Bertz CT molecular complexity index is 1120. The number of carbonyl (C=O) groups is 1. The normalized spacial score (nSPS) is 13.1. The van der Waals surface area contributed by atoms with Gasteiger partial charge in [0.15, 0.2) is 0 Å². The van der Waals surface area contributed by atoms with Crippen LogP contribution in [0.5, 0.6) is 5.75 Å². The summed E-state index contributed by atoms with van der Waals surface area (Å²) >= 11 is 0. The maximum atomic E-state index is 12.5. The van der Waals surface area contributed by atoms with Gasteiger partial charge in [-0.15, -0.1) is 0 Å². The van der Waals surface area contributed by atoms with Crippen LogP contribution < -0.4 is 14.9 Å². The van der Waals surface area contributed by atoms with Crippen LogP contribution in [0.3, 0.4) is 0 Å². The largest absolute Gasteiger partial charge is 0.497 e. The zero-order valence-electron chi connectivity index (χ0n) is 18.3. The number of anilines is 1. The first-order valence-electron chi connectivity index (χ1n) is 10.4. The summed E-state index contributed by atoms with van der Waals surface area (Å²) in [6.45, 7) is 1.30. The molecule has 0 aromatic heterocycles. The molecule has 0 saturated heterocycles. The van der Waals surface area contributed by atoms with Crippen LogP contribution >= 0.6 is 0 Å². The minimum atomic E-state index is -3.56. The Morgan fingerprint density at radius 1 is 0.939 bits per heavy atom. The van der Waals surface area contributed by atoms with Gasteiger partial charge in [0.05, 0.1) is 19.4 Å². The number of amides is 1. The minimum absolute atomic E-state index is 0.402. The van der Waals surface area contributed by atoms with Crippen LogP contribution in [-0.4, -0.2) is 32.8 Å². The number of hydrogen-bond acceptors (Lipinski definition) is 5. The van der Waals surface area contributed by atoms with Gasteiger partial charge in [-0.3, -0.25) is 14.4 Å². The van der Waals surface area contributed by atoms with Crippen molar-refractivity contribution >= 4 is 22.3 Å². The molecule has 0 bridgehead atoms. The second-order valence-electron chi connectivity index (χ2n) is 7.20. The number of methoxy groups -OCH3 is 1. The lowest BCUT2D eigenvalue weighted by Crippen LogP contribution is -2.39. The standard InChI is InChI=1S/C16H18N2O3S.C8H9NO2/c1-21-16-8-6-15(7-9-16)17-22(19,20)18-11-10-13-4-2-3-5-14(13)12-18;10-7-9-11-6-8-4-2-1-3-5-8/h2-9,17H,10-12H2,1H3;1-5,7H,6H2,(H,9,10). The van der Waals surface area contributed by atoms with Crippen molar-refractivity contribution in [2.45, 2.75) is 19.6 Å².